The molecule has 0 N–H and O–H groups in total. The highest BCUT2D eigenvalue weighted by molar-refractivity contribution is 8.16. The molecule has 0 unspecified atom stereocenters. The third-order valence-electron chi connectivity index (χ3n) is 4.30. The van der Waals surface area contributed by atoms with Crippen LogP contribution < -0.4 is 0 Å². The number of nitrogens with zero attached hydrogens (tertiary/aromatic N) is 2. The van der Waals surface area contributed by atoms with Crippen molar-refractivity contribution in [3.8, 4) is 0 Å². The van der Waals surface area contributed by atoms with E-state index in [-0.39, 0.29) is 16.2 Å². The molecule has 0 radical (unpaired) electrons. The van der Waals surface area contributed by atoms with Crippen LogP contribution in [0.4, 0.5) is 0 Å². The quantitative estimate of drug-likeness (QED) is 0.672. The van der Waals surface area contributed by atoms with Gasteiger partial charge in [0.2, 0.25) is 0 Å². The zero-order valence-electron chi connectivity index (χ0n) is 14.9. The molecule has 1 fully saturated rings. The summed E-state index contributed by atoms with van der Waals surface area (Å²) in [6, 6.07) is 13.3. The van der Waals surface area contributed by atoms with E-state index < -0.39 is 40.0 Å². The average Bonchev–Trinajstić information content (AvgIpc) is 2.69. The van der Waals surface area contributed by atoms with Gasteiger partial charge in [0.1, 0.15) is 0 Å². The summed E-state index contributed by atoms with van der Waals surface area (Å²) < 4.78 is 79.8. The van der Waals surface area contributed by atoms with E-state index in [9.17, 15) is 25.3 Å². The molecule has 2 aromatic carbocycles. The van der Waals surface area contributed by atoms with Crippen molar-refractivity contribution < 1.29 is 25.3 Å². The lowest BCUT2D eigenvalue weighted by molar-refractivity contribution is 0.337. The van der Waals surface area contributed by atoms with Crippen LogP contribution in [0.3, 0.4) is 0 Å². The van der Waals surface area contributed by atoms with Crippen LogP contribution in [0.2, 0.25) is 0 Å². The van der Waals surface area contributed by atoms with E-state index in [1.807, 2.05) is 0 Å². The second-order valence-corrected chi connectivity index (χ2v) is 12.3. The number of benzene rings is 2. The molecule has 3 rings (SSSR count). The predicted octanol–water partition coefficient (Wildman–Crippen LogP) is 1.80. The summed E-state index contributed by atoms with van der Waals surface area (Å²) in [4.78, 5) is -0.842. The van der Waals surface area contributed by atoms with Gasteiger partial charge in [-0.25, -0.2) is 16.8 Å². The van der Waals surface area contributed by atoms with Crippen LogP contribution in [0.15, 0.2) is 70.5 Å². The molecule has 0 saturated carbocycles. The van der Waals surface area contributed by atoms with E-state index in [0.717, 1.165) is 35.0 Å². The Morgan fingerprint density at radius 2 is 1.00 bits per heavy atom. The minimum atomic E-state index is -4.90. The number of rotatable bonds is 6. The smallest absolute Gasteiger partial charge is 0.205 e. The van der Waals surface area contributed by atoms with Crippen LogP contribution in [-0.2, 0) is 30.3 Å². The predicted molar refractivity (Wildman–Crippen MR) is 103 cm³/mol. The largest absolute Gasteiger partial charge is 0.309 e. The van der Waals surface area contributed by atoms with Crippen molar-refractivity contribution in [2.24, 2.45) is 0 Å². The second kappa shape index (κ2) is 7.91. The summed E-state index contributed by atoms with van der Waals surface area (Å²) in [5.74, 6) is 0. The molecule has 0 amide bonds. The number of piperidine rings is 1. The molecule has 28 heavy (non-hydrogen) atoms. The van der Waals surface area contributed by atoms with Crippen LogP contribution in [0, 0.1) is 0 Å². The van der Waals surface area contributed by atoms with Gasteiger partial charge in [-0.1, -0.05) is 42.8 Å². The number of hydrogen-bond donors (Lipinski definition) is 0. The third-order valence-corrected chi connectivity index (χ3v) is 11.7. The molecule has 0 atom stereocenters. The Hall–Kier alpha value is -1.79. The highest BCUT2D eigenvalue weighted by Crippen LogP contribution is 2.30. The van der Waals surface area contributed by atoms with Gasteiger partial charge in [-0.05, 0) is 37.1 Å². The van der Waals surface area contributed by atoms with Crippen LogP contribution >= 0.6 is 0 Å². The Balaban J connectivity index is 2.23. The summed E-state index contributed by atoms with van der Waals surface area (Å²) in [6.45, 7) is 0.126. The first-order chi connectivity index (χ1) is 13.2. The topological polar surface area (TPSA) is 109 Å². The van der Waals surface area contributed by atoms with Crippen molar-refractivity contribution in [3.05, 3.63) is 60.7 Å². The minimum absolute atomic E-state index is 0.0629. The Morgan fingerprint density at radius 1 is 0.607 bits per heavy atom. The van der Waals surface area contributed by atoms with E-state index in [0.29, 0.717) is 12.8 Å². The molecule has 0 aromatic heterocycles. The van der Waals surface area contributed by atoms with E-state index in [1.165, 1.54) is 24.3 Å². The van der Waals surface area contributed by atoms with Gasteiger partial charge in [-0.3, -0.25) is 0 Å². The maximum Gasteiger partial charge on any atom is 0.309 e. The van der Waals surface area contributed by atoms with Crippen molar-refractivity contribution in [2.75, 3.05) is 13.1 Å². The zero-order chi connectivity index (χ0) is 20.4. The SMILES string of the molecule is O=S(=O)(c1ccccc1)N(S(=O)(=O)c1ccccc1)S(=O)(=O)N1CCCCC1. The van der Waals surface area contributed by atoms with Gasteiger partial charge in [0.05, 0.1) is 9.79 Å². The summed E-state index contributed by atoms with van der Waals surface area (Å²) >= 11 is 0. The lowest BCUT2D eigenvalue weighted by atomic mass is 10.2. The maximum absolute atomic E-state index is 13.2. The van der Waals surface area contributed by atoms with Gasteiger partial charge < -0.3 is 0 Å². The zero-order valence-corrected chi connectivity index (χ0v) is 17.3. The molecule has 1 aliphatic rings. The lowest BCUT2D eigenvalue weighted by Gasteiger charge is -2.30. The van der Waals surface area contributed by atoms with Crippen molar-refractivity contribution in [3.63, 3.8) is 0 Å². The van der Waals surface area contributed by atoms with Gasteiger partial charge >= 0.3 is 10.2 Å². The molecule has 1 saturated heterocycles. The molecule has 1 aliphatic heterocycles. The standard InChI is InChI=1S/C17H20N2O6S3/c20-26(21,16-10-4-1-5-11-16)19(27(22,23)17-12-6-2-7-13-17)28(24,25)18-14-8-3-9-15-18/h1-2,4-7,10-13H,3,8-9,14-15H2. The molecular formula is C17H20N2O6S3. The van der Waals surface area contributed by atoms with Gasteiger partial charge in [0.25, 0.3) is 20.0 Å². The Kier molecular flexibility index (Phi) is 5.92. The highest BCUT2D eigenvalue weighted by Gasteiger charge is 2.49. The van der Waals surface area contributed by atoms with Gasteiger partial charge in [0, 0.05) is 16.2 Å². The van der Waals surface area contributed by atoms with E-state index in [1.54, 1.807) is 12.1 Å². The van der Waals surface area contributed by atoms with Gasteiger partial charge in [-0.15, -0.1) is 0 Å². The third kappa shape index (κ3) is 3.85. The monoisotopic (exact) mass is 444 g/mol. The molecular weight excluding hydrogens is 424 g/mol. The van der Waals surface area contributed by atoms with Crippen molar-refractivity contribution >= 4 is 30.3 Å². The molecule has 8 nitrogen and oxygen atoms in total. The summed E-state index contributed by atoms with van der Waals surface area (Å²) in [5.41, 5.74) is 0. The van der Waals surface area contributed by atoms with E-state index in [2.05, 4.69) is 0 Å². The molecule has 0 spiro atoms. The van der Waals surface area contributed by atoms with Crippen molar-refractivity contribution in [1.82, 2.24) is 7.42 Å². The van der Waals surface area contributed by atoms with Crippen molar-refractivity contribution in [2.45, 2.75) is 29.1 Å². The summed E-state index contributed by atoms with van der Waals surface area (Å²) in [7, 11) is -14.6. The Labute approximate surface area is 165 Å². The fourth-order valence-electron chi connectivity index (χ4n) is 2.92. The van der Waals surface area contributed by atoms with E-state index >= 15 is 0 Å². The highest BCUT2D eigenvalue weighted by atomic mass is 32.3. The molecule has 0 aliphatic carbocycles. The summed E-state index contributed by atoms with van der Waals surface area (Å²) in [5, 5.41) is 0. The maximum atomic E-state index is 13.2. The van der Waals surface area contributed by atoms with Gasteiger partial charge in [0.15, 0.2) is 0 Å². The van der Waals surface area contributed by atoms with Crippen molar-refractivity contribution in [1.29, 1.82) is 0 Å². The second-order valence-electron chi connectivity index (χ2n) is 6.24. The fourth-order valence-corrected chi connectivity index (χ4v) is 9.79. The molecule has 2 aromatic rings. The fraction of sp³-hybridized carbons (Fsp3) is 0.294. The van der Waals surface area contributed by atoms with Crippen LogP contribution in [0.5, 0.6) is 0 Å². The summed E-state index contributed by atoms with van der Waals surface area (Å²) in [6.07, 6.45) is 1.86. The van der Waals surface area contributed by atoms with Crippen LogP contribution in [0.25, 0.3) is 0 Å². The molecule has 11 heteroatoms. The molecule has 1 heterocycles. The van der Waals surface area contributed by atoms with Gasteiger partial charge in [-0.2, -0.15) is 12.7 Å². The first kappa shape index (κ1) is 20.9. The first-order valence-corrected chi connectivity index (χ1v) is 12.9. The van der Waals surface area contributed by atoms with Crippen LogP contribution in [-0.4, -0.2) is 45.8 Å². The molecule has 0 bridgehead atoms. The average molecular weight is 445 g/mol. The first-order valence-electron chi connectivity index (χ1n) is 8.59. The van der Waals surface area contributed by atoms with Crippen LogP contribution in [0.1, 0.15) is 19.3 Å². The van der Waals surface area contributed by atoms with E-state index in [4.69, 9.17) is 0 Å². The minimum Gasteiger partial charge on any atom is -0.205 e. The Morgan fingerprint density at radius 3 is 1.39 bits per heavy atom. The number of hydrogen-bond acceptors (Lipinski definition) is 6. The molecule has 152 valence electrons. The lowest BCUT2D eigenvalue weighted by Crippen LogP contribution is -2.50. The Bertz CT molecular complexity index is 1060. The number of sulfonamides is 2. The normalized spacial score (nSPS) is 16.9.